The average molecular weight is 544 g/mol. The molecular formula is C29H41N3O5S. The van der Waals surface area contributed by atoms with Gasteiger partial charge in [-0.25, -0.2) is 8.42 Å². The van der Waals surface area contributed by atoms with Gasteiger partial charge in [0.2, 0.25) is 21.8 Å². The van der Waals surface area contributed by atoms with Crippen molar-refractivity contribution in [2.24, 2.45) is 0 Å². The van der Waals surface area contributed by atoms with E-state index in [0.29, 0.717) is 30.8 Å². The number of carbonyl (C=O) groups is 2. The van der Waals surface area contributed by atoms with Crippen molar-refractivity contribution in [2.45, 2.75) is 77.4 Å². The highest BCUT2D eigenvalue weighted by atomic mass is 32.2. The minimum absolute atomic E-state index is 0.115. The predicted molar refractivity (Wildman–Crippen MR) is 151 cm³/mol. The molecule has 1 saturated carbocycles. The summed E-state index contributed by atoms with van der Waals surface area (Å²) in [5.41, 5.74) is 2.59. The van der Waals surface area contributed by atoms with Crippen molar-refractivity contribution in [3.05, 3.63) is 59.7 Å². The number of ether oxygens (including phenoxy) is 1. The number of hydrogen-bond donors (Lipinski definition) is 1. The van der Waals surface area contributed by atoms with Crippen LogP contribution in [0.1, 0.15) is 63.0 Å². The normalized spacial score (nSPS) is 14.6. The molecule has 3 rings (SSSR count). The standard InChI is InChI=1S/C29H41N3O5S/c1-5-27(29(34)30-24-9-6-7-10-24)31(21-23-14-12-22(2)13-15-23)28(33)11-8-20-32(38(4,35)36)25-16-18-26(37-3)19-17-25/h12-19,24,27H,5-11,20-21H2,1-4H3,(H,30,34)/t27-/m0/s1. The van der Waals surface area contributed by atoms with Gasteiger partial charge in [0.05, 0.1) is 19.1 Å². The van der Waals surface area contributed by atoms with Crippen LogP contribution in [0.3, 0.4) is 0 Å². The van der Waals surface area contributed by atoms with Crippen molar-refractivity contribution in [1.29, 1.82) is 0 Å². The number of sulfonamides is 1. The number of nitrogens with zero attached hydrogens (tertiary/aromatic N) is 2. The van der Waals surface area contributed by atoms with Crippen LogP contribution in [-0.4, -0.2) is 57.1 Å². The summed E-state index contributed by atoms with van der Waals surface area (Å²) in [5.74, 6) is 0.351. The van der Waals surface area contributed by atoms with Crippen LogP contribution >= 0.6 is 0 Å². The summed E-state index contributed by atoms with van der Waals surface area (Å²) in [6.07, 6.45) is 6.27. The maximum atomic E-state index is 13.6. The first-order chi connectivity index (χ1) is 18.1. The van der Waals surface area contributed by atoms with Gasteiger partial charge in [-0.05, 0) is 62.4 Å². The van der Waals surface area contributed by atoms with Crippen LogP contribution < -0.4 is 14.4 Å². The van der Waals surface area contributed by atoms with E-state index in [0.717, 1.165) is 43.1 Å². The topological polar surface area (TPSA) is 96.0 Å². The average Bonchev–Trinajstić information content (AvgIpc) is 3.40. The first-order valence-corrected chi connectivity index (χ1v) is 15.2. The minimum atomic E-state index is -3.55. The van der Waals surface area contributed by atoms with Gasteiger partial charge in [-0.3, -0.25) is 13.9 Å². The van der Waals surface area contributed by atoms with Gasteiger partial charge in [0.1, 0.15) is 11.8 Å². The lowest BCUT2D eigenvalue weighted by molar-refractivity contribution is -0.141. The maximum absolute atomic E-state index is 13.6. The Labute approximate surface area is 227 Å². The molecule has 2 aromatic carbocycles. The molecule has 0 heterocycles. The molecule has 0 unspecified atom stereocenters. The van der Waals surface area contributed by atoms with Crippen molar-refractivity contribution in [3.8, 4) is 5.75 Å². The Hall–Kier alpha value is -3.07. The lowest BCUT2D eigenvalue weighted by atomic mass is 10.1. The largest absolute Gasteiger partial charge is 0.497 e. The Morgan fingerprint density at radius 1 is 1.05 bits per heavy atom. The van der Waals surface area contributed by atoms with Crippen LogP contribution in [0.5, 0.6) is 5.75 Å². The zero-order valence-corrected chi connectivity index (χ0v) is 23.8. The Morgan fingerprint density at radius 2 is 1.68 bits per heavy atom. The number of anilines is 1. The Morgan fingerprint density at radius 3 is 2.24 bits per heavy atom. The second-order valence-electron chi connectivity index (χ2n) is 10.1. The summed E-state index contributed by atoms with van der Waals surface area (Å²) >= 11 is 0. The van der Waals surface area contributed by atoms with E-state index in [2.05, 4.69) is 5.32 Å². The highest BCUT2D eigenvalue weighted by Gasteiger charge is 2.30. The maximum Gasteiger partial charge on any atom is 0.243 e. The summed E-state index contributed by atoms with van der Waals surface area (Å²) < 4.78 is 31.5. The van der Waals surface area contributed by atoms with Gasteiger partial charge in [0, 0.05) is 25.6 Å². The van der Waals surface area contributed by atoms with Crippen molar-refractivity contribution < 1.29 is 22.7 Å². The number of rotatable bonds is 13. The van der Waals surface area contributed by atoms with Crippen molar-refractivity contribution in [2.75, 3.05) is 24.2 Å². The molecule has 208 valence electrons. The molecular weight excluding hydrogens is 502 g/mol. The molecule has 0 bridgehead atoms. The highest BCUT2D eigenvalue weighted by Crippen LogP contribution is 2.23. The van der Waals surface area contributed by atoms with Gasteiger partial charge in [0.25, 0.3) is 0 Å². The summed E-state index contributed by atoms with van der Waals surface area (Å²) in [4.78, 5) is 28.5. The first kappa shape index (κ1) is 29.5. The van der Waals surface area contributed by atoms with E-state index in [-0.39, 0.29) is 30.8 Å². The number of methoxy groups -OCH3 is 1. The van der Waals surface area contributed by atoms with Crippen LogP contribution in [0, 0.1) is 6.92 Å². The number of benzene rings is 2. The molecule has 1 N–H and O–H groups in total. The Kier molecular flexibility index (Phi) is 10.6. The molecule has 0 spiro atoms. The van der Waals surface area contributed by atoms with E-state index in [1.807, 2.05) is 38.1 Å². The third-order valence-electron chi connectivity index (χ3n) is 7.07. The molecule has 1 atom stereocenters. The van der Waals surface area contributed by atoms with E-state index < -0.39 is 16.1 Å². The van der Waals surface area contributed by atoms with Crippen LogP contribution in [0.2, 0.25) is 0 Å². The lowest BCUT2D eigenvalue weighted by Gasteiger charge is -2.32. The van der Waals surface area contributed by atoms with Gasteiger partial charge in [-0.1, -0.05) is 49.6 Å². The molecule has 1 aliphatic rings. The summed E-state index contributed by atoms with van der Waals surface area (Å²) in [7, 11) is -2.00. The first-order valence-electron chi connectivity index (χ1n) is 13.4. The molecule has 1 aliphatic carbocycles. The summed E-state index contributed by atoms with van der Waals surface area (Å²) in [6, 6.07) is 14.3. The molecule has 9 heteroatoms. The third-order valence-corrected chi connectivity index (χ3v) is 8.27. The number of hydrogen-bond acceptors (Lipinski definition) is 5. The third kappa shape index (κ3) is 8.21. The summed E-state index contributed by atoms with van der Waals surface area (Å²) in [6.45, 7) is 4.40. The Balaban J connectivity index is 1.74. The molecule has 0 radical (unpaired) electrons. The van der Waals surface area contributed by atoms with E-state index >= 15 is 0 Å². The van der Waals surface area contributed by atoms with Gasteiger partial charge in [-0.15, -0.1) is 0 Å². The minimum Gasteiger partial charge on any atom is -0.497 e. The van der Waals surface area contributed by atoms with Gasteiger partial charge in [-0.2, -0.15) is 0 Å². The zero-order valence-electron chi connectivity index (χ0n) is 23.0. The number of nitrogens with one attached hydrogen (secondary N) is 1. The molecule has 2 aromatic rings. The number of amides is 2. The van der Waals surface area contributed by atoms with E-state index in [1.165, 1.54) is 4.31 Å². The fourth-order valence-corrected chi connectivity index (χ4v) is 5.90. The predicted octanol–water partition coefficient (Wildman–Crippen LogP) is 4.42. The molecule has 0 aromatic heterocycles. The summed E-state index contributed by atoms with van der Waals surface area (Å²) in [5, 5.41) is 3.15. The molecule has 38 heavy (non-hydrogen) atoms. The van der Waals surface area contributed by atoms with Crippen LogP contribution in [0.4, 0.5) is 5.69 Å². The smallest absolute Gasteiger partial charge is 0.243 e. The van der Waals surface area contributed by atoms with Gasteiger partial charge >= 0.3 is 0 Å². The second kappa shape index (κ2) is 13.6. The van der Waals surface area contributed by atoms with E-state index in [9.17, 15) is 18.0 Å². The Bertz CT molecular complexity index is 1160. The molecule has 1 fully saturated rings. The van der Waals surface area contributed by atoms with Crippen molar-refractivity contribution >= 4 is 27.5 Å². The van der Waals surface area contributed by atoms with E-state index in [4.69, 9.17) is 4.74 Å². The molecule has 0 saturated heterocycles. The van der Waals surface area contributed by atoms with Crippen LogP contribution in [0.15, 0.2) is 48.5 Å². The lowest BCUT2D eigenvalue weighted by Crippen LogP contribution is -2.51. The highest BCUT2D eigenvalue weighted by molar-refractivity contribution is 7.92. The van der Waals surface area contributed by atoms with Crippen molar-refractivity contribution in [3.63, 3.8) is 0 Å². The molecule has 0 aliphatic heterocycles. The van der Waals surface area contributed by atoms with Crippen molar-refractivity contribution in [1.82, 2.24) is 10.2 Å². The fraction of sp³-hybridized carbons (Fsp3) is 0.517. The second-order valence-corrected chi connectivity index (χ2v) is 12.0. The number of aryl methyl sites for hydroxylation is 1. The molecule has 2 amide bonds. The monoisotopic (exact) mass is 543 g/mol. The van der Waals surface area contributed by atoms with Crippen LogP contribution in [0.25, 0.3) is 0 Å². The van der Waals surface area contributed by atoms with Crippen LogP contribution in [-0.2, 0) is 26.2 Å². The quantitative estimate of drug-likeness (QED) is 0.404. The van der Waals surface area contributed by atoms with Gasteiger partial charge in [0.15, 0.2) is 0 Å². The number of carbonyl (C=O) groups excluding carboxylic acids is 2. The fourth-order valence-electron chi connectivity index (χ4n) is 4.93. The van der Waals surface area contributed by atoms with E-state index in [1.54, 1.807) is 36.3 Å². The molecule has 8 nitrogen and oxygen atoms in total. The van der Waals surface area contributed by atoms with Gasteiger partial charge < -0.3 is 15.0 Å². The zero-order chi connectivity index (χ0) is 27.7. The SMILES string of the molecule is CC[C@@H](C(=O)NC1CCCC1)N(Cc1ccc(C)cc1)C(=O)CCCN(c1ccc(OC)cc1)S(C)(=O)=O.